The number of nitrogens with one attached hydrogen (secondary N) is 1. The summed E-state index contributed by atoms with van der Waals surface area (Å²) in [5.74, 6) is 0.0934. The quantitative estimate of drug-likeness (QED) is 0.196. The molecule has 4 aromatic rings. The second-order valence-corrected chi connectivity index (χ2v) is 9.11. The van der Waals surface area contributed by atoms with Gasteiger partial charge in [0.1, 0.15) is 24.0 Å². The molecule has 162 valence electrons. The van der Waals surface area contributed by atoms with E-state index < -0.39 is 5.91 Å². The molecule has 0 saturated heterocycles. The van der Waals surface area contributed by atoms with Gasteiger partial charge in [-0.15, -0.1) is 0 Å². The minimum Gasteiger partial charge on any atom is -0.488 e. The first kappa shape index (κ1) is 22.8. The van der Waals surface area contributed by atoms with E-state index in [2.05, 4.69) is 61.4 Å². The van der Waals surface area contributed by atoms with E-state index in [0.717, 1.165) is 19.9 Å². The molecule has 0 saturated carbocycles. The Kier molecular flexibility index (Phi) is 7.23. The fraction of sp³-hybridized carbons (Fsp3) is 0.0370. The zero-order valence-corrected chi connectivity index (χ0v) is 20.6. The van der Waals surface area contributed by atoms with E-state index in [0.29, 0.717) is 23.6 Å². The largest absolute Gasteiger partial charge is 0.488 e. The van der Waals surface area contributed by atoms with Gasteiger partial charge in [0, 0.05) is 20.2 Å². The van der Waals surface area contributed by atoms with Gasteiger partial charge in [0.05, 0.1) is 0 Å². The molecule has 33 heavy (non-hydrogen) atoms. The third-order valence-electron chi connectivity index (χ3n) is 4.95. The Bertz CT molecular complexity index is 1390. The van der Waals surface area contributed by atoms with E-state index in [9.17, 15) is 10.1 Å². The summed E-state index contributed by atoms with van der Waals surface area (Å²) in [5.41, 5.74) is 2.24. The van der Waals surface area contributed by atoms with Crippen LogP contribution in [0.2, 0.25) is 0 Å². The summed E-state index contributed by atoms with van der Waals surface area (Å²) in [7, 11) is 0. The summed E-state index contributed by atoms with van der Waals surface area (Å²) < 4.78 is 7.79. The Morgan fingerprint density at radius 2 is 1.64 bits per heavy atom. The van der Waals surface area contributed by atoms with Crippen molar-refractivity contribution >= 4 is 60.3 Å². The van der Waals surface area contributed by atoms with Crippen molar-refractivity contribution in [2.75, 3.05) is 5.32 Å². The lowest BCUT2D eigenvalue weighted by atomic mass is 10.1. The average Bonchev–Trinajstić information content (AvgIpc) is 2.83. The number of hydrogen-bond donors (Lipinski definition) is 1. The number of fused-ring (bicyclic) bond motifs is 1. The van der Waals surface area contributed by atoms with Crippen LogP contribution in [0.4, 0.5) is 5.69 Å². The maximum absolute atomic E-state index is 12.7. The normalized spacial score (nSPS) is 11.1. The van der Waals surface area contributed by atoms with E-state index in [1.807, 2.05) is 54.6 Å². The first-order valence-corrected chi connectivity index (χ1v) is 11.7. The van der Waals surface area contributed by atoms with Gasteiger partial charge in [-0.1, -0.05) is 68.3 Å². The molecule has 0 unspecified atom stereocenters. The lowest BCUT2D eigenvalue weighted by Crippen LogP contribution is -2.13. The first-order chi connectivity index (χ1) is 16.0. The summed E-state index contributed by atoms with van der Waals surface area (Å²) >= 11 is 6.82. The highest BCUT2D eigenvalue weighted by Gasteiger charge is 2.12. The predicted molar refractivity (Wildman–Crippen MR) is 139 cm³/mol. The molecule has 0 atom stereocenters. The second-order valence-electron chi connectivity index (χ2n) is 7.28. The second kappa shape index (κ2) is 10.5. The third-order valence-corrected chi connectivity index (χ3v) is 5.97. The Morgan fingerprint density at radius 1 is 0.909 bits per heavy atom. The molecule has 0 heterocycles. The van der Waals surface area contributed by atoms with Crippen molar-refractivity contribution in [2.45, 2.75) is 6.61 Å². The van der Waals surface area contributed by atoms with Gasteiger partial charge in [0.15, 0.2) is 0 Å². The number of hydrogen-bond acceptors (Lipinski definition) is 3. The molecule has 0 bridgehead atoms. The highest BCUT2D eigenvalue weighted by molar-refractivity contribution is 9.10. The molecule has 4 rings (SSSR count). The number of benzene rings is 4. The maximum Gasteiger partial charge on any atom is 0.266 e. The molecule has 0 aliphatic rings. The van der Waals surface area contributed by atoms with Gasteiger partial charge in [-0.2, -0.15) is 5.26 Å². The molecule has 4 aromatic carbocycles. The van der Waals surface area contributed by atoms with Crippen LogP contribution in [0.3, 0.4) is 0 Å². The molecular weight excluding hydrogens is 544 g/mol. The van der Waals surface area contributed by atoms with Crippen molar-refractivity contribution in [3.05, 3.63) is 111 Å². The fourth-order valence-corrected chi connectivity index (χ4v) is 3.93. The van der Waals surface area contributed by atoms with Gasteiger partial charge < -0.3 is 10.1 Å². The predicted octanol–water partition coefficient (Wildman–Crippen LogP) is 7.49. The van der Waals surface area contributed by atoms with Crippen molar-refractivity contribution in [3.8, 4) is 11.8 Å². The molecule has 0 spiro atoms. The van der Waals surface area contributed by atoms with Crippen LogP contribution in [-0.2, 0) is 11.4 Å². The van der Waals surface area contributed by atoms with Crippen molar-refractivity contribution in [1.82, 2.24) is 0 Å². The Hall–Kier alpha value is -3.40. The molecule has 1 amide bonds. The molecule has 0 fully saturated rings. The number of rotatable bonds is 6. The molecule has 0 radical (unpaired) electrons. The van der Waals surface area contributed by atoms with Crippen molar-refractivity contribution in [2.24, 2.45) is 0 Å². The number of carbonyl (C=O) groups is 1. The molecule has 0 aromatic heterocycles. The number of carbonyl (C=O) groups excluding carboxylic acids is 1. The Balaban J connectivity index is 1.55. The summed E-state index contributed by atoms with van der Waals surface area (Å²) in [6.45, 7) is 0.361. The minimum absolute atomic E-state index is 0.0217. The van der Waals surface area contributed by atoms with Gasteiger partial charge in [-0.25, -0.2) is 0 Å². The minimum atomic E-state index is -0.486. The molecule has 4 nitrogen and oxygen atoms in total. The number of halogens is 2. The molecule has 0 aliphatic heterocycles. The van der Waals surface area contributed by atoms with Crippen LogP contribution in [0.25, 0.3) is 16.8 Å². The fourth-order valence-electron chi connectivity index (χ4n) is 3.29. The van der Waals surface area contributed by atoms with Gasteiger partial charge in [-0.05, 0) is 70.9 Å². The number of nitriles is 1. The monoisotopic (exact) mass is 560 g/mol. The Labute approximate surface area is 208 Å². The topological polar surface area (TPSA) is 62.1 Å². The number of nitrogens with zero attached hydrogens (tertiary/aromatic N) is 1. The molecule has 0 aliphatic carbocycles. The smallest absolute Gasteiger partial charge is 0.266 e. The first-order valence-electron chi connectivity index (χ1n) is 10.1. The van der Waals surface area contributed by atoms with Crippen molar-refractivity contribution < 1.29 is 9.53 Å². The van der Waals surface area contributed by atoms with E-state index >= 15 is 0 Å². The van der Waals surface area contributed by atoms with Crippen LogP contribution >= 0.6 is 31.9 Å². The number of ether oxygens (including phenoxy) is 1. The van der Waals surface area contributed by atoms with E-state index in [1.165, 1.54) is 11.5 Å². The summed E-state index contributed by atoms with van der Waals surface area (Å²) in [6, 6.07) is 29.0. The van der Waals surface area contributed by atoms with Crippen molar-refractivity contribution in [3.63, 3.8) is 0 Å². The summed E-state index contributed by atoms with van der Waals surface area (Å²) in [4.78, 5) is 12.7. The number of anilines is 1. The average molecular weight is 562 g/mol. The van der Waals surface area contributed by atoms with Crippen LogP contribution in [0, 0.1) is 11.3 Å². The molecule has 6 heteroatoms. The lowest BCUT2D eigenvalue weighted by Gasteiger charge is -2.11. The lowest BCUT2D eigenvalue weighted by molar-refractivity contribution is -0.112. The van der Waals surface area contributed by atoms with Gasteiger partial charge in [0.2, 0.25) is 0 Å². The van der Waals surface area contributed by atoms with Gasteiger partial charge in [-0.3, -0.25) is 4.79 Å². The standard InChI is InChI=1S/C27H18Br2N2O2/c28-23-7-10-25(11-8-23)31-27(32)22(16-30)14-21-15-24(29)9-12-26(21)33-17-18-5-6-19-3-1-2-4-20(19)13-18/h1-15H,17H2,(H,31,32)/b22-14+. The van der Waals surface area contributed by atoms with E-state index in [-0.39, 0.29) is 5.57 Å². The van der Waals surface area contributed by atoms with Gasteiger partial charge >= 0.3 is 0 Å². The zero-order valence-electron chi connectivity index (χ0n) is 17.4. The third kappa shape index (κ3) is 5.89. The van der Waals surface area contributed by atoms with Crippen LogP contribution < -0.4 is 10.1 Å². The summed E-state index contributed by atoms with van der Waals surface area (Å²) in [6.07, 6.45) is 1.54. The number of amides is 1. The highest BCUT2D eigenvalue weighted by Crippen LogP contribution is 2.27. The van der Waals surface area contributed by atoms with Crippen LogP contribution in [-0.4, -0.2) is 5.91 Å². The highest BCUT2D eigenvalue weighted by atomic mass is 79.9. The summed E-state index contributed by atoms with van der Waals surface area (Å²) in [5, 5.41) is 14.7. The van der Waals surface area contributed by atoms with Crippen LogP contribution in [0.15, 0.2) is 99.4 Å². The van der Waals surface area contributed by atoms with Crippen molar-refractivity contribution in [1.29, 1.82) is 5.26 Å². The molecular formula is C27H18Br2N2O2. The maximum atomic E-state index is 12.7. The van der Waals surface area contributed by atoms with Gasteiger partial charge in [0.25, 0.3) is 5.91 Å². The van der Waals surface area contributed by atoms with Crippen LogP contribution in [0.5, 0.6) is 5.75 Å². The molecule has 1 N–H and O–H groups in total. The van der Waals surface area contributed by atoms with Crippen LogP contribution in [0.1, 0.15) is 11.1 Å². The van der Waals surface area contributed by atoms with E-state index in [4.69, 9.17) is 4.74 Å². The van der Waals surface area contributed by atoms with E-state index in [1.54, 1.807) is 12.1 Å². The zero-order chi connectivity index (χ0) is 23.2. The SMILES string of the molecule is N#C/C(=C\c1cc(Br)ccc1OCc1ccc2ccccc2c1)C(=O)Nc1ccc(Br)cc1. The Morgan fingerprint density at radius 3 is 2.39 bits per heavy atom.